The van der Waals surface area contributed by atoms with Gasteiger partial charge >= 0.3 is 0 Å². The average molecular weight is 252 g/mol. The second kappa shape index (κ2) is 6.51. The normalized spacial score (nSPS) is 16.7. The van der Waals surface area contributed by atoms with E-state index in [1.807, 2.05) is 17.8 Å². The van der Waals surface area contributed by atoms with E-state index in [0.717, 1.165) is 31.9 Å². The van der Waals surface area contributed by atoms with Gasteiger partial charge in [0.1, 0.15) is 5.82 Å². The van der Waals surface area contributed by atoms with Crippen molar-refractivity contribution in [3.63, 3.8) is 0 Å². The zero-order chi connectivity index (χ0) is 12.8. The fraction of sp³-hybridized carbons (Fsp3) is 0.667. The number of carbonyl (C=O) groups excluding carboxylic acids is 1. The van der Waals surface area contributed by atoms with E-state index in [1.54, 1.807) is 6.20 Å². The van der Waals surface area contributed by atoms with Gasteiger partial charge in [0.25, 0.3) is 0 Å². The van der Waals surface area contributed by atoms with Crippen molar-refractivity contribution in [3.05, 3.63) is 18.2 Å². The molecule has 0 atom stereocenters. The molecule has 1 aliphatic heterocycles. The number of rotatable bonds is 5. The van der Waals surface area contributed by atoms with E-state index in [4.69, 9.17) is 4.74 Å². The van der Waals surface area contributed by atoms with E-state index in [1.165, 1.54) is 0 Å². The average Bonchev–Trinajstić information content (AvgIpc) is 2.76. The molecule has 0 aromatic carbocycles. The van der Waals surface area contributed by atoms with Crippen molar-refractivity contribution in [2.75, 3.05) is 19.8 Å². The summed E-state index contributed by atoms with van der Waals surface area (Å²) in [5.41, 5.74) is 0. The van der Waals surface area contributed by atoms with Crippen molar-refractivity contribution in [2.24, 2.45) is 7.05 Å². The minimum atomic E-state index is 0.0381. The highest BCUT2D eigenvalue weighted by Crippen LogP contribution is 2.05. The molecule has 0 unspecified atom stereocenters. The molecule has 100 valence electrons. The third-order valence-corrected chi connectivity index (χ3v) is 3.08. The van der Waals surface area contributed by atoms with Crippen molar-refractivity contribution in [1.29, 1.82) is 0 Å². The first-order chi connectivity index (χ1) is 8.75. The molecule has 2 heterocycles. The highest BCUT2D eigenvalue weighted by Gasteiger charge is 2.15. The summed E-state index contributed by atoms with van der Waals surface area (Å²) in [4.78, 5) is 15.9. The van der Waals surface area contributed by atoms with Crippen LogP contribution in [0, 0.1) is 0 Å². The minimum absolute atomic E-state index is 0.0381. The molecule has 1 saturated heterocycles. The summed E-state index contributed by atoms with van der Waals surface area (Å²) in [5, 5.41) is 6.10. The Morgan fingerprint density at radius 3 is 3.00 bits per heavy atom. The molecule has 1 fully saturated rings. The van der Waals surface area contributed by atoms with Gasteiger partial charge in [-0.1, -0.05) is 0 Å². The fourth-order valence-electron chi connectivity index (χ4n) is 1.98. The van der Waals surface area contributed by atoms with E-state index < -0.39 is 0 Å². The molecule has 1 aromatic rings. The van der Waals surface area contributed by atoms with Crippen LogP contribution in [0.1, 0.15) is 18.7 Å². The predicted molar refractivity (Wildman–Crippen MR) is 66.9 cm³/mol. The molecular weight excluding hydrogens is 232 g/mol. The highest BCUT2D eigenvalue weighted by atomic mass is 16.5. The summed E-state index contributed by atoms with van der Waals surface area (Å²) in [6.07, 6.45) is 5.45. The topological polar surface area (TPSA) is 68.2 Å². The van der Waals surface area contributed by atoms with Crippen LogP contribution >= 0.6 is 0 Å². The van der Waals surface area contributed by atoms with Crippen molar-refractivity contribution in [1.82, 2.24) is 20.2 Å². The lowest BCUT2D eigenvalue weighted by Gasteiger charge is -2.23. The van der Waals surface area contributed by atoms with Gasteiger partial charge in [-0.05, 0) is 12.8 Å². The number of imidazole rings is 1. The monoisotopic (exact) mass is 252 g/mol. The smallest absolute Gasteiger partial charge is 0.234 e. The van der Waals surface area contributed by atoms with Gasteiger partial charge in [-0.3, -0.25) is 4.79 Å². The van der Waals surface area contributed by atoms with Crippen LogP contribution in [-0.4, -0.2) is 41.3 Å². The molecule has 6 heteroatoms. The standard InChI is InChI=1S/C12H20N4O2/c1-16-5-4-14-11(16)8-13-9-12(17)15-10-2-6-18-7-3-10/h4-5,10,13H,2-3,6-9H2,1H3,(H,15,17). The number of carbonyl (C=O) groups is 1. The van der Waals surface area contributed by atoms with E-state index in [-0.39, 0.29) is 11.9 Å². The highest BCUT2D eigenvalue weighted by molar-refractivity contribution is 5.78. The Balaban J connectivity index is 1.64. The van der Waals surface area contributed by atoms with E-state index in [2.05, 4.69) is 15.6 Å². The van der Waals surface area contributed by atoms with Crippen molar-refractivity contribution in [3.8, 4) is 0 Å². The zero-order valence-electron chi connectivity index (χ0n) is 10.7. The molecule has 6 nitrogen and oxygen atoms in total. The second-order valence-corrected chi connectivity index (χ2v) is 4.51. The van der Waals surface area contributed by atoms with Crippen LogP contribution in [-0.2, 0) is 23.1 Å². The first-order valence-electron chi connectivity index (χ1n) is 6.30. The molecule has 2 N–H and O–H groups in total. The van der Waals surface area contributed by atoms with Gasteiger partial charge < -0.3 is 19.9 Å². The van der Waals surface area contributed by atoms with Gasteiger partial charge in [0.05, 0.1) is 13.1 Å². The lowest BCUT2D eigenvalue weighted by atomic mass is 10.1. The van der Waals surface area contributed by atoms with Crippen LogP contribution in [0.5, 0.6) is 0 Å². The molecule has 18 heavy (non-hydrogen) atoms. The third-order valence-electron chi connectivity index (χ3n) is 3.08. The number of hydrogen-bond donors (Lipinski definition) is 2. The molecule has 0 bridgehead atoms. The minimum Gasteiger partial charge on any atom is -0.381 e. The Kier molecular flexibility index (Phi) is 4.72. The van der Waals surface area contributed by atoms with Gasteiger partial charge in [0, 0.05) is 38.7 Å². The first kappa shape index (κ1) is 13.0. The van der Waals surface area contributed by atoms with Gasteiger partial charge in [-0.2, -0.15) is 0 Å². The molecule has 2 rings (SSSR count). The Labute approximate surface area is 107 Å². The van der Waals surface area contributed by atoms with Crippen LogP contribution in [0.4, 0.5) is 0 Å². The number of aromatic nitrogens is 2. The summed E-state index contributed by atoms with van der Waals surface area (Å²) >= 11 is 0. The maximum absolute atomic E-state index is 11.7. The first-order valence-corrected chi connectivity index (χ1v) is 6.30. The molecule has 0 aliphatic carbocycles. The van der Waals surface area contributed by atoms with E-state index in [9.17, 15) is 4.79 Å². The van der Waals surface area contributed by atoms with Gasteiger partial charge in [0.15, 0.2) is 0 Å². The van der Waals surface area contributed by atoms with Gasteiger partial charge in [-0.15, -0.1) is 0 Å². The van der Waals surface area contributed by atoms with Crippen molar-refractivity contribution < 1.29 is 9.53 Å². The summed E-state index contributed by atoms with van der Waals surface area (Å²) in [7, 11) is 1.94. The van der Waals surface area contributed by atoms with Gasteiger partial charge in [0.2, 0.25) is 5.91 Å². The van der Waals surface area contributed by atoms with Crippen molar-refractivity contribution >= 4 is 5.91 Å². The Morgan fingerprint density at radius 2 is 2.33 bits per heavy atom. The van der Waals surface area contributed by atoms with Crippen LogP contribution in [0.2, 0.25) is 0 Å². The predicted octanol–water partition coefficient (Wildman–Crippen LogP) is -0.195. The largest absolute Gasteiger partial charge is 0.381 e. The third kappa shape index (κ3) is 3.82. The van der Waals surface area contributed by atoms with E-state index >= 15 is 0 Å². The quantitative estimate of drug-likeness (QED) is 0.762. The number of ether oxygens (including phenoxy) is 1. The fourth-order valence-corrected chi connectivity index (χ4v) is 1.98. The summed E-state index contributed by atoms with van der Waals surface area (Å²) in [6.45, 7) is 2.41. The molecule has 0 spiro atoms. The number of nitrogens with zero attached hydrogens (tertiary/aromatic N) is 2. The SMILES string of the molecule is Cn1ccnc1CNCC(=O)NC1CCOCC1. The summed E-state index contributed by atoms with van der Waals surface area (Å²) < 4.78 is 7.18. The Bertz CT molecular complexity index is 385. The molecule has 1 aliphatic rings. The number of hydrogen-bond acceptors (Lipinski definition) is 4. The Morgan fingerprint density at radius 1 is 1.56 bits per heavy atom. The number of amides is 1. The van der Waals surface area contributed by atoms with Crippen molar-refractivity contribution in [2.45, 2.75) is 25.4 Å². The molecule has 0 radical (unpaired) electrons. The van der Waals surface area contributed by atoms with Crippen LogP contribution in [0.15, 0.2) is 12.4 Å². The second-order valence-electron chi connectivity index (χ2n) is 4.51. The van der Waals surface area contributed by atoms with Gasteiger partial charge in [-0.25, -0.2) is 4.98 Å². The molecule has 0 saturated carbocycles. The number of nitrogens with one attached hydrogen (secondary N) is 2. The van der Waals surface area contributed by atoms with Crippen LogP contribution in [0.3, 0.4) is 0 Å². The molecule has 1 amide bonds. The summed E-state index contributed by atoms with van der Waals surface area (Å²) in [6, 6.07) is 0.265. The Hall–Kier alpha value is -1.40. The maximum atomic E-state index is 11.7. The lowest BCUT2D eigenvalue weighted by Crippen LogP contribution is -2.43. The molecule has 1 aromatic heterocycles. The maximum Gasteiger partial charge on any atom is 0.234 e. The zero-order valence-corrected chi connectivity index (χ0v) is 10.7. The van der Waals surface area contributed by atoms with E-state index in [0.29, 0.717) is 13.1 Å². The lowest BCUT2D eigenvalue weighted by molar-refractivity contribution is -0.121. The summed E-state index contributed by atoms with van der Waals surface area (Å²) in [5.74, 6) is 0.963. The molecular formula is C12H20N4O2. The number of aryl methyl sites for hydroxylation is 1. The van der Waals surface area contributed by atoms with Crippen LogP contribution < -0.4 is 10.6 Å². The van der Waals surface area contributed by atoms with Crippen LogP contribution in [0.25, 0.3) is 0 Å².